The Labute approximate surface area is 199 Å². The number of aryl methyl sites for hydroxylation is 2. The van der Waals surface area contributed by atoms with Crippen LogP contribution in [0, 0.1) is 13.8 Å². The Balaban J connectivity index is 1.22. The number of pyridine rings is 1. The molecule has 2 fully saturated rings. The van der Waals surface area contributed by atoms with Crippen molar-refractivity contribution in [2.75, 3.05) is 24.4 Å². The first kappa shape index (κ1) is 23.4. The lowest BCUT2D eigenvalue weighted by Gasteiger charge is -2.17. The molecule has 2 saturated heterocycles. The van der Waals surface area contributed by atoms with Crippen LogP contribution < -0.4 is 20.3 Å². The molecule has 3 amide bonds. The topological polar surface area (TPSA) is 74.5 Å². The molecule has 1 aromatic carbocycles. The van der Waals surface area contributed by atoms with Crippen LogP contribution in [-0.4, -0.2) is 48.9 Å². The summed E-state index contributed by atoms with van der Waals surface area (Å²) in [7, 11) is 1.74. The third kappa shape index (κ3) is 5.43. The van der Waals surface area contributed by atoms with Crippen molar-refractivity contribution in [3.05, 3.63) is 53.9 Å². The molecule has 0 bridgehead atoms. The van der Waals surface area contributed by atoms with E-state index in [1.165, 1.54) is 5.01 Å². The van der Waals surface area contributed by atoms with Gasteiger partial charge in [0.25, 0.3) is 0 Å². The van der Waals surface area contributed by atoms with Gasteiger partial charge in [0.2, 0.25) is 11.4 Å². The predicted octanol–water partition coefficient (Wildman–Crippen LogP) is 3.69. The number of hydrogen-bond acceptors (Lipinski definition) is 4. The fourth-order valence-electron chi connectivity index (χ4n) is 4.76. The maximum Gasteiger partial charge on any atom is 0.463 e. The second kappa shape index (κ2) is 10.5. The molecule has 0 unspecified atom stereocenters. The second-order valence-corrected chi connectivity index (χ2v) is 10.1. The first-order valence-corrected chi connectivity index (χ1v) is 12.7. The highest BCUT2D eigenvalue weighted by molar-refractivity contribution is 8.00. The number of amides is 3. The normalized spacial score (nSPS) is 21.3. The number of thioether (sulfide) groups is 1. The van der Waals surface area contributed by atoms with Gasteiger partial charge in [0.1, 0.15) is 0 Å². The summed E-state index contributed by atoms with van der Waals surface area (Å²) in [5.74, 6) is 0.987. The molecule has 3 heterocycles. The van der Waals surface area contributed by atoms with Crippen molar-refractivity contribution in [3.63, 3.8) is 0 Å². The lowest BCUT2D eigenvalue weighted by Crippen LogP contribution is -2.62. The number of rotatable bonds is 8. The SMILES string of the molecule is Cc1cc(-c2ccccc2)cc(C)[n+]1N(C)C(=O)OCCCCC[C@@H]1SC[C@@H]2NC(=O)N[C@@H]21. The molecule has 2 aromatic rings. The fraction of sp³-hybridized carbons (Fsp3) is 0.480. The van der Waals surface area contributed by atoms with E-state index in [2.05, 4.69) is 34.9 Å². The van der Waals surface area contributed by atoms with Crippen LogP contribution in [0.1, 0.15) is 37.1 Å². The average molecular weight is 470 g/mol. The van der Waals surface area contributed by atoms with E-state index in [-0.39, 0.29) is 24.2 Å². The molecule has 3 atom stereocenters. The van der Waals surface area contributed by atoms with Crippen molar-refractivity contribution in [1.29, 1.82) is 0 Å². The lowest BCUT2D eigenvalue weighted by atomic mass is 10.0. The fourth-order valence-corrected chi connectivity index (χ4v) is 6.31. The van der Waals surface area contributed by atoms with Crippen molar-refractivity contribution < 1.29 is 19.0 Å². The zero-order chi connectivity index (χ0) is 23.4. The van der Waals surface area contributed by atoms with Crippen LogP contribution in [0.15, 0.2) is 42.5 Å². The van der Waals surface area contributed by atoms with Gasteiger partial charge in [0.05, 0.1) is 25.7 Å². The highest BCUT2D eigenvalue weighted by atomic mass is 32.2. The molecule has 4 rings (SSSR count). The molecule has 2 aliphatic rings. The van der Waals surface area contributed by atoms with E-state index in [0.717, 1.165) is 54.0 Å². The molecular weight excluding hydrogens is 436 g/mol. The van der Waals surface area contributed by atoms with Crippen LogP contribution in [0.3, 0.4) is 0 Å². The number of urea groups is 1. The average Bonchev–Trinajstić information content (AvgIpc) is 3.35. The van der Waals surface area contributed by atoms with E-state index in [1.807, 2.05) is 48.5 Å². The molecule has 8 heteroatoms. The maximum atomic E-state index is 12.6. The van der Waals surface area contributed by atoms with E-state index < -0.39 is 0 Å². The number of unbranched alkanes of at least 4 members (excludes halogenated alkanes) is 2. The van der Waals surface area contributed by atoms with Gasteiger partial charge in [0.15, 0.2) is 0 Å². The Morgan fingerprint density at radius 3 is 2.55 bits per heavy atom. The highest BCUT2D eigenvalue weighted by Gasteiger charge is 2.42. The zero-order valence-electron chi connectivity index (χ0n) is 19.5. The van der Waals surface area contributed by atoms with Crippen LogP contribution in [0.2, 0.25) is 0 Å². The Morgan fingerprint density at radius 1 is 1.09 bits per heavy atom. The maximum absolute atomic E-state index is 12.6. The summed E-state index contributed by atoms with van der Waals surface area (Å²) in [6.07, 6.45) is 3.63. The van der Waals surface area contributed by atoms with Crippen LogP contribution in [0.25, 0.3) is 11.1 Å². The molecule has 1 aromatic heterocycles. The van der Waals surface area contributed by atoms with Gasteiger partial charge in [-0.15, -0.1) is 0 Å². The van der Waals surface area contributed by atoms with Gasteiger partial charge in [0, 0.05) is 37.0 Å². The molecule has 0 saturated carbocycles. The minimum atomic E-state index is -0.354. The summed E-state index contributed by atoms with van der Waals surface area (Å²) in [6, 6.07) is 14.9. The number of nitrogens with zero attached hydrogens (tertiary/aromatic N) is 2. The molecular formula is C25H33N4O3S+. The number of benzene rings is 1. The Hall–Kier alpha value is -2.74. The molecule has 2 aliphatic heterocycles. The Morgan fingerprint density at radius 2 is 1.82 bits per heavy atom. The van der Waals surface area contributed by atoms with Crippen molar-refractivity contribution in [1.82, 2.24) is 10.6 Å². The summed E-state index contributed by atoms with van der Waals surface area (Å²) in [4.78, 5) is 24.1. The minimum absolute atomic E-state index is 0.0376. The summed E-state index contributed by atoms with van der Waals surface area (Å²) in [5, 5.41) is 8.02. The number of ether oxygens (including phenoxy) is 1. The number of aromatic nitrogens is 1. The summed E-state index contributed by atoms with van der Waals surface area (Å²) in [6.45, 7) is 4.40. The van der Waals surface area contributed by atoms with Crippen molar-refractivity contribution >= 4 is 23.9 Å². The molecule has 176 valence electrons. The zero-order valence-corrected chi connectivity index (χ0v) is 20.4. The third-order valence-corrected chi connectivity index (χ3v) is 7.87. The molecule has 0 radical (unpaired) electrons. The Kier molecular flexibility index (Phi) is 7.42. The van der Waals surface area contributed by atoms with Crippen LogP contribution in [0.4, 0.5) is 9.59 Å². The predicted molar refractivity (Wildman–Crippen MR) is 131 cm³/mol. The smallest absolute Gasteiger partial charge is 0.446 e. The molecule has 2 N–H and O–H groups in total. The van der Waals surface area contributed by atoms with Crippen molar-refractivity contribution in [3.8, 4) is 11.1 Å². The number of hydrogen-bond donors (Lipinski definition) is 2. The van der Waals surface area contributed by atoms with E-state index in [1.54, 1.807) is 7.05 Å². The first-order chi connectivity index (χ1) is 15.9. The van der Waals surface area contributed by atoms with Crippen LogP contribution in [0.5, 0.6) is 0 Å². The monoisotopic (exact) mass is 469 g/mol. The van der Waals surface area contributed by atoms with Gasteiger partial charge < -0.3 is 15.4 Å². The van der Waals surface area contributed by atoms with E-state index in [9.17, 15) is 9.59 Å². The molecule has 0 spiro atoms. The summed E-state index contributed by atoms with van der Waals surface area (Å²) >= 11 is 1.94. The molecule has 7 nitrogen and oxygen atoms in total. The van der Waals surface area contributed by atoms with E-state index >= 15 is 0 Å². The number of fused-ring (bicyclic) bond motifs is 1. The summed E-state index contributed by atoms with van der Waals surface area (Å²) in [5.41, 5.74) is 4.21. The highest BCUT2D eigenvalue weighted by Crippen LogP contribution is 2.33. The van der Waals surface area contributed by atoms with Gasteiger partial charge in [-0.1, -0.05) is 52.9 Å². The first-order valence-electron chi connectivity index (χ1n) is 11.6. The largest absolute Gasteiger partial charge is 0.463 e. The van der Waals surface area contributed by atoms with Crippen LogP contribution >= 0.6 is 11.8 Å². The summed E-state index contributed by atoms with van der Waals surface area (Å²) < 4.78 is 7.41. The van der Waals surface area contributed by atoms with Crippen molar-refractivity contribution in [2.45, 2.75) is 56.9 Å². The van der Waals surface area contributed by atoms with Gasteiger partial charge in [-0.2, -0.15) is 11.8 Å². The van der Waals surface area contributed by atoms with Gasteiger partial charge in [-0.25, -0.2) is 9.59 Å². The second-order valence-electron chi connectivity index (χ2n) is 8.81. The van der Waals surface area contributed by atoms with Gasteiger partial charge >= 0.3 is 12.1 Å². The quantitative estimate of drug-likeness (QED) is 0.351. The Bertz CT molecular complexity index is 977. The number of carbonyl (C=O) groups is 2. The number of nitrogens with one attached hydrogen (secondary N) is 2. The molecule has 0 aliphatic carbocycles. The molecule has 33 heavy (non-hydrogen) atoms. The van der Waals surface area contributed by atoms with E-state index in [0.29, 0.717) is 11.9 Å². The lowest BCUT2D eigenvalue weighted by molar-refractivity contribution is -0.692. The van der Waals surface area contributed by atoms with E-state index in [4.69, 9.17) is 4.74 Å². The van der Waals surface area contributed by atoms with Gasteiger partial charge in [-0.3, -0.25) is 0 Å². The van der Waals surface area contributed by atoms with Gasteiger partial charge in [-0.05, 0) is 24.0 Å². The van der Waals surface area contributed by atoms with Crippen molar-refractivity contribution in [2.24, 2.45) is 0 Å². The third-order valence-electron chi connectivity index (χ3n) is 6.36. The standard InChI is InChI=1S/C25H32N4O3S/c1-17-14-20(19-10-6-4-7-11-19)15-18(2)29(17)28(3)25(31)32-13-9-5-8-12-22-23-21(16-33-22)26-24(30)27-23/h4,6-7,10-11,14-15,21-23H,5,8-9,12-13,16H2,1-3H3,(H-,26,27,30)/p+1/t21-,22-,23-/m0/s1. The minimum Gasteiger partial charge on any atom is -0.446 e. The van der Waals surface area contributed by atoms with Crippen LogP contribution in [-0.2, 0) is 4.74 Å². The number of carbonyl (C=O) groups excluding carboxylic acids is 2.